The smallest absolute Gasteiger partial charge is 0.258 e. The quantitative estimate of drug-likeness (QED) is 0.685. The molecule has 3 rings (SSSR count). The van der Waals surface area contributed by atoms with E-state index in [1.54, 1.807) is 18.2 Å². The molecule has 0 atom stereocenters. The van der Waals surface area contributed by atoms with Gasteiger partial charge in [-0.15, -0.1) is 0 Å². The number of halogens is 1. The molecule has 0 radical (unpaired) electrons. The number of H-pyrrole nitrogens is 1. The second-order valence-corrected chi connectivity index (χ2v) is 4.72. The Morgan fingerprint density at radius 2 is 1.91 bits per heavy atom. The number of fused-ring (bicyclic) bond motifs is 1. The van der Waals surface area contributed by atoms with E-state index in [1.807, 2.05) is 0 Å². The van der Waals surface area contributed by atoms with Gasteiger partial charge < -0.3 is 10.6 Å². The summed E-state index contributed by atoms with van der Waals surface area (Å²) in [5.41, 5.74) is 1.46. The first-order chi connectivity index (χ1) is 11.1. The Labute approximate surface area is 129 Å². The van der Waals surface area contributed by atoms with E-state index >= 15 is 0 Å². The van der Waals surface area contributed by atoms with E-state index in [4.69, 9.17) is 0 Å². The van der Waals surface area contributed by atoms with E-state index < -0.39 is 17.6 Å². The Balaban J connectivity index is 1.91. The Kier molecular flexibility index (Phi) is 3.71. The molecule has 7 nitrogen and oxygen atoms in total. The molecule has 0 saturated carbocycles. The predicted molar refractivity (Wildman–Crippen MR) is 81.6 cm³/mol. The van der Waals surface area contributed by atoms with Gasteiger partial charge in [-0.2, -0.15) is 15.4 Å². The highest BCUT2D eigenvalue weighted by Gasteiger charge is 2.15. The molecule has 3 aromatic rings. The van der Waals surface area contributed by atoms with Gasteiger partial charge in [0.2, 0.25) is 0 Å². The van der Waals surface area contributed by atoms with E-state index in [0.29, 0.717) is 22.3 Å². The van der Waals surface area contributed by atoms with E-state index in [1.165, 1.54) is 19.2 Å². The van der Waals surface area contributed by atoms with Crippen LogP contribution < -0.4 is 10.6 Å². The summed E-state index contributed by atoms with van der Waals surface area (Å²) in [6, 6.07) is 8.77. The fourth-order valence-electron chi connectivity index (χ4n) is 2.16. The number of hydrogen-bond acceptors (Lipinski definition) is 4. The van der Waals surface area contributed by atoms with Gasteiger partial charge in [0, 0.05) is 12.7 Å². The third-order valence-electron chi connectivity index (χ3n) is 3.29. The van der Waals surface area contributed by atoms with Crippen LogP contribution in [0.2, 0.25) is 0 Å². The van der Waals surface area contributed by atoms with Gasteiger partial charge in [0.25, 0.3) is 11.8 Å². The van der Waals surface area contributed by atoms with Crippen LogP contribution in [0.15, 0.2) is 36.4 Å². The molecule has 0 saturated heterocycles. The molecule has 23 heavy (non-hydrogen) atoms. The summed E-state index contributed by atoms with van der Waals surface area (Å²) in [6.45, 7) is 0. The zero-order valence-electron chi connectivity index (χ0n) is 12.1. The van der Waals surface area contributed by atoms with Crippen molar-refractivity contribution in [3.63, 3.8) is 0 Å². The number of carbonyl (C=O) groups excluding carboxylic acids is 2. The van der Waals surface area contributed by atoms with Crippen molar-refractivity contribution in [2.45, 2.75) is 0 Å². The van der Waals surface area contributed by atoms with E-state index in [2.05, 4.69) is 26.0 Å². The van der Waals surface area contributed by atoms with Crippen molar-refractivity contribution in [1.29, 1.82) is 0 Å². The van der Waals surface area contributed by atoms with Gasteiger partial charge in [-0.1, -0.05) is 6.07 Å². The fraction of sp³-hybridized carbons (Fsp3) is 0.0667. The summed E-state index contributed by atoms with van der Waals surface area (Å²) >= 11 is 0. The molecule has 0 fully saturated rings. The van der Waals surface area contributed by atoms with Crippen molar-refractivity contribution in [3.05, 3.63) is 53.3 Å². The number of para-hydroxylation sites is 1. The van der Waals surface area contributed by atoms with Gasteiger partial charge in [0.05, 0.1) is 11.1 Å². The predicted octanol–water partition coefficient (Wildman–Crippen LogP) is 1.71. The molecule has 0 unspecified atom stereocenters. The number of rotatable bonds is 3. The van der Waals surface area contributed by atoms with Crippen LogP contribution in [0.4, 0.5) is 10.1 Å². The maximum atomic E-state index is 13.6. The standard InChI is InChI=1S/C15H12FN5O2/c1-17-14(22)10-7-8(5-6-11(10)16)18-15(23)9-3-2-4-12-13(9)20-21-19-12/h2-7H,1H3,(H,17,22)(H,18,23)(H,19,20,21). The number of nitrogens with one attached hydrogen (secondary N) is 3. The van der Waals surface area contributed by atoms with Crippen LogP contribution in [-0.4, -0.2) is 34.3 Å². The fourth-order valence-corrected chi connectivity index (χ4v) is 2.16. The zero-order chi connectivity index (χ0) is 16.4. The molecule has 8 heteroatoms. The molecule has 1 heterocycles. The summed E-state index contributed by atoms with van der Waals surface area (Å²) in [4.78, 5) is 24.0. The second-order valence-electron chi connectivity index (χ2n) is 4.72. The number of hydrogen-bond donors (Lipinski definition) is 3. The van der Waals surface area contributed by atoms with Crippen LogP contribution >= 0.6 is 0 Å². The Morgan fingerprint density at radius 1 is 1.09 bits per heavy atom. The molecule has 0 bridgehead atoms. The summed E-state index contributed by atoms with van der Waals surface area (Å²) < 4.78 is 13.6. The molecular weight excluding hydrogens is 301 g/mol. The lowest BCUT2D eigenvalue weighted by atomic mass is 10.1. The van der Waals surface area contributed by atoms with Crippen LogP contribution in [0, 0.1) is 5.82 Å². The number of aromatic nitrogens is 3. The molecule has 3 N–H and O–H groups in total. The molecule has 0 spiro atoms. The Morgan fingerprint density at radius 3 is 2.70 bits per heavy atom. The normalized spacial score (nSPS) is 10.5. The average molecular weight is 313 g/mol. The minimum Gasteiger partial charge on any atom is -0.355 e. The first kappa shape index (κ1) is 14.6. The maximum Gasteiger partial charge on any atom is 0.258 e. The molecule has 0 aliphatic heterocycles. The zero-order valence-corrected chi connectivity index (χ0v) is 12.1. The first-order valence-corrected chi connectivity index (χ1v) is 6.72. The van der Waals surface area contributed by atoms with E-state index in [9.17, 15) is 14.0 Å². The Bertz CT molecular complexity index is 906. The number of amides is 2. The van der Waals surface area contributed by atoms with Crippen LogP contribution in [0.5, 0.6) is 0 Å². The van der Waals surface area contributed by atoms with Crippen molar-refractivity contribution < 1.29 is 14.0 Å². The van der Waals surface area contributed by atoms with Crippen molar-refractivity contribution >= 4 is 28.5 Å². The monoisotopic (exact) mass is 313 g/mol. The van der Waals surface area contributed by atoms with Gasteiger partial charge in [-0.25, -0.2) is 4.39 Å². The maximum absolute atomic E-state index is 13.6. The number of carbonyl (C=O) groups is 2. The highest BCUT2D eigenvalue weighted by atomic mass is 19.1. The molecule has 2 aromatic carbocycles. The minimum absolute atomic E-state index is 0.148. The number of benzene rings is 2. The molecular formula is C15H12FN5O2. The summed E-state index contributed by atoms with van der Waals surface area (Å²) in [5.74, 6) is -1.67. The van der Waals surface area contributed by atoms with Gasteiger partial charge >= 0.3 is 0 Å². The minimum atomic E-state index is -0.666. The Hall–Kier alpha value is -3.29. The summed E-state index contributed by atoms with van der Waals surface area (Å²) in [7, 11) is 1.40. The highest BCUT2D eigenvalue weighted by molar-refractivity contribution is 6.11. The summed E-state index contributed by atoms with van der Waals surface area (Å²) in [5, 5.41) is 15.3. The molecule has 116 valence electrons. The van der Waals surface area contributed by atoms with Gasteiger partial charge in [-0.3, -0.25) is 9.59 Å². The van der Waals surface area contributed by atoms with Crippen molar-refractivity contribution in [2.24, 2.45) is 0 Å². The number of anilines is 1. The van der Waals surface area contributed by atoms with Crippen LogP contribution in [0.3, 0.4) is 0 Å². The van der Waals surface area contributed by atoms with E-state index in [0.717, 1.165) is 6.07 Å². The van der Waals surface area contributed by atoms with Crippen LogP contribution in [0.25, 0.3) is 11.0 Å². The lowest BCUT2D eigenvalue weighted by Gasteiger charge is -2.08. The lowest BCUT2D eigenvalue weighted by molar-refractivity contribution is 0.0957. The number of nitrogens with zero attached hydrogens (tertiary/aromatic N) is 2. The third-order valence-corrected chi connectivity index (χ3v) is 3.29. The molecule has 0 aliphatic rings. The van der Waals surface area contributed by atoms with Gasteiger partial charge in [-0.05, 0) is 30.3 Å². The van der Waals surface area contributed by atoms with Crippen LogP contribution in [0.1, 0.15) is 20.7 Å². The number of aromatic amines is 1. The topological polar surface area (TPSA) is 99.8 Å². The third kappa shape index (κ3) is 2.73. The average Bonchev–Trinajstić information content (AvgIpc) is 3.04. The molecule has 0 aliphatic carbocycles. The van der Waals surface area contributed by atoms with Gasteiger partial charge in [0.15, 0.2) is 0 Å². The van der Waals surface area contributed by atoms with Crippen molar-refractivity contribution in [1.82, 2.24) is 20.7 Å². The molecule has 1 aromatic heterocycles. The van der Waals surface area contributed by atoms with Crippen LogP contribution in [-0.2, 0) is 0 Å². The highest BCUT2D eigenvalue weighted by Crippen LogP contribution is 2.18. The molecule has 2 amide bonds. The lowest BCUT2D eigenvalue weighted by Crippen LogP contribution is -2.20. The summed E-state index contributed by atoms with van der Waals surface area (Å²) in [6.07, 6.45) is 0. The first-order valence-electron chi connectivity index (χ1n) is 6.72. The van der Waals surface area contributed by atoms with Crippen molar-refractivity contribution in [2.75, 3.05) is 12.4 Å². The SMILES string of the molecule is CNC(=O)c1cc(NC(=O)c2cccc3n[nH]nc23)ccc1F. The largest absolute Gasteiger partial charge is 0.355 e. The van der Waals surface area contributed by atoms with Crippen molar-refractivity contribution in [3.8, 4) is 0 Å². The van der Waals surface area contributed by atoms with Gasteiger partial charge in [0.1, 0.15) is 16.9 Å². The second kappa shape index (κ2) is 5.84. The van der Waals surface area contributed by atoms with E-state index in [-0.39, 0.29) is 5.56 Å².